The Morgan fingerprint density at radius 2 is 2.24 bits per heavy atom. The van der Waals surface area contributed by atoms with Crippen LogP contribution in [0.15, 0.2) is 11.6 Å². The topological polar surface area (TPSA) is 29.5 Å². The first-order chi connectivity index (χ1) is 8.11. The van der Waals surface area contributed by atoms with Crippen molar-refractivity contribution in [1.82, 2.24) is 4.90 Å². The summed E-state index contributed by atoms with van der Waals surface area (Å²) in [5, 5.41) is 0. The Hall–Kier alpha value is -0.830. The quantitative estimate of drug-likeness (QED) is 0.691. The Morgan fingerprint density at radius 3 is 2.88 bits per heavy atom. The first kappa shape index (κ1) is 12.6. The third-order valence-corrected chi connectivity index (χ3v) is 3.89. The van der Waals surface area contributed by atoms with Crippen LogP contribution in [-0.2, 0) is 9.53 Å². The van der Waals surface area contributed by atoms with Crippen LogP contribution >= 0.6 is 0 Å². The van der Waals surface area contributed by atoms with Gasteiger partial charge in [0.15, 0.2) is 0 Å². The Bertz CT molecular complexity index is 312. The Kier molecular flexibility index (Phi) is 3.87. The molecule has 2 aliphatic rings. The predicted octanol–water partition coefficient (Wildman–Crippen LogP) is 2.51. The Balaban J connectivity index is 1.97. The molecule has 0 N–H and O–H groups in total. The number of hydrogen-bond acceptors (Lipinski definition) is 2. The summed E-state index contributed by atoms with van der Waals surface area (Å²) in [5.41, 5.74) is 1.30. The van der Waals surface area contributed by atoms with E-state index in [2.05, 4.69) is 19.9 Å². The minimum Gasteiger partial charge on any atom is -0.375 e. The lowest BCUT2D eigenvalue weighted by Gasteiger charge is -2.26. The predicted molar refractivity (Wildman–Crippen MR) is 67.8 cm³/mol. The molecule has 0 aromatic heterocycles. The summed E-state index contributed by atoms with van der Waals surface area (Å²) in [5.74, 6) is 0.287. The molecule has 0 saturated carbocycles. The van der Waals surface area contributed by atoms with E-state index in [-0.39, 0.29) is 11.5 Å². The van der Waals surface area contributed by atoms with Crippen molar-refractivity contribution >= 4 is 5.91 Å². The second-order valence-corrected chi connectivity index (χ2v) is 5.51. The molecule has 2 aliphatic heterocycles. The highest BCUT2D eigenvalue weighted by molar-refractivity contribution is 5.76. The van der Waals surface area contributed by atoms with E-state index in [1.165, 1.54) is 5.57 Å². The molecule has 2 rings (SSSR count). The van der Waals surface area contributed by atoms with Crippen LogP contribution in [0.1, 0.15) is 46.0 Å². The molecule has 17 heavy (non-hydrogen) atoms. The number of allylic oxidation sites excluding steroid dienone is 1. The zero-order valence-electron chi connectivity index (χ0n) is 11.0. The molecule has 0 aromatic carbocycles. The minimum absolute atomic E-state index is 0.0232. The summed E-state index contributed by atoms with van der Waals surface area (Å²) in [6, 6.07) is 0. The van der Waals surface area contributed by atoms with Crippen molar-refractivity contribution in [2.45, 2.75) is 51.6 Å². The molecule has 1 atom stereocenters. The van der Waals surface area contributed by atoms with Crippen LogP contribution in [0.4, 0.5) is 0 Å². The van der Waals surface area contributed by atoms with E-state index in [0.717, 1.165) is 45.4 Å². The van der Waals surface area contributed by atoms with Gasteiger partial charge in [0.05, 0.1) is 5.60 Å². The molecule has 3 heteroatoms. The van der Waals surface area contributed by atoms with E-state index < -0.39 is 0 Å². The molecule has 2 saturated heterocycles. The molecular formula is C14H23NO2. The fraction of sp³-hybridized carbons (Fsp3) is 0.786. The molecule has 2 fully saturated rings. The van der Waals surface area contributed by atoms with Crippen molar-refractivity contribution in [2.24, 2.45) is 0 Å². The zero-order valence-corrected chi connectivity index (χ0v) is 11.0. The van der Waals surface area contributed by atoms with Gasteiger partial charge in [0, 0.05) is 26.1 Å². The van der Waals surface area contributed by atoms with Gasteiger partial charge in [-0.05, 0) is 39.5 Å². The average Bonchev–Trinajstić information content (AvgIpc) is 2.68. The van der Waals surface area contributed by atoms with E-state index in [1.54, 1.807) is 0 Å². The molecule has 0 bridgehead atoms. The summed E-state index contributed by atoms with van der Waals surface area (Å²) in [4.78, 5) is 14.0. The maximum absolute atomic E-state index is 12.0. The number of amides is 1. The van der Waals surface area contributed by atoms with Gasteiger partial charge in [-0.25, -0.2) is 0 Å². The maximum atomic E-state index is 12.0. The standard InChI is InChI=1S/C14H23NO2/c1-12(2)5-9-15-10-8-14(6-3-11-17-14)7-4-13(15)16/h5H,3-4,6-11H2,1-2H3/t14-/m1/s1. The van der Waals surface area contributed by atoms with Crippen LogP contribution < -0.4 is 0 Å². The molecule has 0 aliphatic carbocycles. The number of hydrogen-bond donors (Lipinski definition) is 0. The lowest BCUT2D eigenvalue weighted by atomic mass is 9.92. The third kappa shape index (κ3) is 3.09. The molecule has 96 valence electrons. The largest absolute Gasteiger partial charge is 0.375 e. The second-order valence-electron chi connectivity index (χ2n) is 5.51. The Labute approximate surface area is 104 Å². The van der Waals surface area contributed by atoms with Gasteiger partial charge in [0.2, 0.25) is 5.91 Å². The van der Waals surface area contributed by atoms with Crippen LogP contribution in [-0.4, -0.2) is 36.1 Å². The fourth-order valence-electron chi connectivity index (χ4n) is 2.72. The van der Waals surface area contributed by atoms with Gasteiger partial charge in [0.25, 0.3) is 0 Å². The molecule has 1 amide bonds. The number of carbonyl (C=O) groups excluding carboxylic acids is 1. The van der Waals surface area contributed by atoms with Crippen LogP contribution in [0, 0.1) is 0 Å². The van der Waals surface area contributed by atoms with Gasteiger partial charge >= 0.3 is 0 Å². The normalized spacial score (nSPS) is 29.5. The lowest BCUT2D eigenvalue weighted by molar-refractivity contribution is -0.130. The van der Waals surface area contributed by atoms with E-state index in [4.69, 9.17) is 4.74 Å². The first-order valence-corrected chi connectivity index (χ1v) is 6.66. The number of carbonyl (C=O) groups is 1. The monoisotopic (exact) mass is 237 g/mol. The van der Waals surface area contributed by atoms with Gasteiger partial charge in [0.1, 0.15) is 0 Å². The van der Waals surface area contributed by atoms with Gasteiger partial charge in [-0.15, -0.1) is 0 Å². The van der Waals surface area contributed by atoms with Crippen molar-refractivity contribution < 1.29 is 9.53 Å². The number of rotatable bonds is 2. The van der Waals surface area contributed by atoms with Gasteiger partial charge in [-0.2, -0.15) is 0 Å². The van der Waals surface area contributed by atoms with Crippen LogP contribution in [0.2, 0.25) is 0 Å². The molecule has 0 aromatic rings. The van der Waals surface area contributed by atoms with Crippen molar-refractivity contribution in [2.75, 3.05) is 19.7 Å². The van der Waals surface area contributed by atoms with Crippen LogP contribution in [0.3, 0.4) is 0 Å². The first-order valence-electron chi connectivity index (χ1n) is 6.66. The molecule has 3 nitrogen and oxygen atoms in total. The highest BCUT2D eigenvalue weighted by atomic mass is 16.5. The third-order valence-electron chi connectivity index (χ3n) is 3.89. The minimum atomic E-state index is 0.0232. The molecule has 2 heterocycles. The van der Waals surface area contributed by atoms with Crippen molar-refractivity contribution in [3.05, 3.63) is 11.6 Å². The summed E-state index contributed by atoms with van der Waals surface area (Å²) in [7, 11) is 0. The number of likely N-dealkylation sites (tertiary alicyclic amines) is 1. The van der Waals surface area contributed by atoms with Gasteiger partial charge in [-0.3, -0.25) is 4.79 Å². The summed E-state index contributed by atoms with van der Waals surface area (Å²) < 4.78 is 5.89. The van der Waals surface area contributed by atoms with Gasteiger partial charge in [-0.1, -0.05) is 11.6 Å². The lowest BCUT2D eigenvalue weighted by Crippen LogP contribution is -2.32. The molecule has 0 unspecified atom stereocenters. The van der Waals surface area contributed by atoms with Crippen LogP contribution in [0.5, 0.6) is 0 Å². The fourth-order valence-corrected chi connectivity index (χ4v) is 2.72. The van der Waals surface area contributed by atoms with Gasteiger partial charge < -0.3 is 9.64 Å². The van der Waals surface area contributed by atoms with E-state index >= 15 is 0 Å². The van der Waals surface area contributed by atoms with E-state index in [1.807, 2.05) is 4.90 Å². The summed E-state index contributed by atoms with van der Waals surface area (Å²) >= 11 is 0. The Morgan fingerprint density at radius 1 is 1.41 bits per heavy atom. The second kappa shape index (κ2) is 5.21. The SMILES string of the molecule is CC(C)=CCN1CC[C@@]2(CCCO2)CCC1=O. The molecule has 0 radical (unpaired) electrons. The van der Waals surface area contributed by atoms with Crippen molar-refractivity contribution in [3.63, 3.8) is 0 Å². The summed E-state index contributed by atoms with van der Waals surface area (Å²) in [6.45, 7) is 6.63. The highest BCUT2D eigenvalue weighted by Gasteiger charge is 2.38. The molecular weight excluding hydrogens is 214 g/mol. The zero-order chi connectivity index (χ0) is 12.3. The molecule has 1 spiro atoms. The highest BCUT2D eigenvalue weighted by Crippen LogP contribution is 2.35. The van der Waals surface area contributed by atoms with E-state index in [0.29, 0.717) is 6.42 Å². The number of nitrogens with zero attached hydrogens (tertiary/aromatic N) is 1. The number of ether oxygens (including phenoxy) is 1. The average molecular weight is 237 g/mol. The summed E-state index contributed by atoms with van der Waals surface area (Å²) in [6.07, 6.45) is 6.99. The van der Waals surface area contributed by atoms with Crippen molar-refractivity contribution in [1.29, 1.82) is 0 Å². The van der Waals surface area contributed by atoms with Crippen molar-refractivity contribution in [3.8, 4) is 0 Å². The maximum Gasteiger partial charge on any atom is 0.222 e. The van der Waals surface area contributed by atoms with Crippen LogP contribution in [0.25, 0.3) is 0 Å². The van der Waals surface area contributed by atoms with E-state index in [9.17, 15) is 4.79 Å². The smallest absolute Gasteiger partial charge is 0.222 e.